The number of benzene rings is 1. The van der Waals surface area contributed by atoms with Crippen molar-refractivity contribution < 1.29 is 34.4 Å². The molecule has 9 heteroatoms. The van der Waals surface area contributed by atoms with Gasteiger partial charge in [-0.1, -0.05) is 0 Å². The third-order valence-electron chi connectivity index (χ3n) is 3.03. The van der Waals surface area contributed by atoms with Crippen LogP contribution in [-0.4, -0.2) is 55.3 Å². The summed E-state index contributed by atoms with van der Waals surface area (Å²) >= 11 is 1.74. The Labute approximate surface area is 153 Å². The van der Waals surface area contributed by atoms with E-state index in [1.807, 2.05) is 24.3 Å². The van der Waals surface area contributed by atoms with Gasteiger partial charge in [-0.15, -0.1) is 11.8 Å². The SMILES string of the molecule is Fc1ccc(SCCc2ccncc2)cc1.O=C(O)[C@H](O)[C@@H](O)C(=O)O. The van der Waals surface area contributed by atoms with E-state index >= 15 is 0 Å². The predicted molar refractivity (Wildman–Crippen MR) is 92.4 cm³/mol. The Hall–Kier alpha value is -2.49. The van der Waals surface area contributed by atoms with E-state index in [1.54, 1.807) is 24.2 Å². The predicted octanol–water partition coefficient (Wildman–Crippen LogP) is 1.43. The van der Waals surface area contributed by atoms with E-state index < -0.39 is 24.1 Å². The molecule has 140 valence electrons. The molecule has 4 N–H and O–H groups in total. The van der Waals surface area contributed by atoms with Crippen molar-refractivity contribution in [1.82, 2.24) is 4.98 Å². The van der Waals surface area contributed by atoms with Crippen molar-refractivity contribution in [2.75, 3.05) is 5.75 Å². The Morgan fingerprint density at radius 2 is 1.46 bits per heavy atom. The zero-order valence-corrected chi connectivity index (χ0v) is 14.3. The van der Waals surface area contributed by atoms with Gasteiger partial charge in [0, 0.05) is 23.0 Å². The molecule has 26 heavy (non-hydrogen) atoms. The quantitative estimate of drug-likeness (QED) is 0.529. The van der Waals surface area contributed by atoms with Gasteiger partial charge in [0.05, 0.1) is 0 Å². The molecule has 2 rings (SSSR count). The summed E-state index contributed by atoms with van der Waals surface area (Å²) in [6, 6.07) is 10.7. The Kier molecular flexibility index (Phi) is 9.27. The normalized spacial score (nSPS) is 12.4. The van der Waals surface area contributed by atoms with Crippen molar-refractivity contribution in [1.29, 1.82) is 0 Å². The van der Waals surface area contributed by atoms with E-state index in [1.165, 1.54) is 17.7 Å². The van der Waals surface area contributed by atoms with Crippen LogP contribution in [0.3, 0.4) is 0 Å². The van der Waals surface area contributed by atoms with E-state index in [-0.39, 0.29) is 5.82 Å². The molecule has 2 atom stereocenters. The number of carbonyl (C=O) groups is 2. The fourth-order valence-corrected chi connectivity index (χ4v) is 2.54. The number of halogens is 1. The smallest absolute Gasteiger partial charge is 0.335 e. The summed E-state index contributed by atoms with van der Waals surface area (Å²) in [5, 5.41) is 32.5. The molecule has 0 aliphatic rings. The van der Waals surface area contributed by atoms with Crippen LogP contribution in [0.5, 0.6) is 0 Å². The largest absolute Gasteiger partial charge is 0.479 e. The van der Waals surface area contributed by atoms with Crippen LogP contribution in [0.25, 0.3) is 0 Å². The highest BCUT2D eigenvalue weighted by Crippen LogP contribution is 2.19. The number of hydrogen-bond donors (Lipinski definition) is 4. The number of hydrogen-bond acceptors (Lipinski definition) is 6. The Morgan fingerprint density at radius 3 is 1.92 bits per heavy atom. The zero-order chi connectivity index (χ0) is 19.5. The molecule has 0 fully saturated rings. The number of aliphatic carboxylic acids is 2. The van der Waals surface area contributed by atoms with Gasteiger partial charge in [-0.05, 0) is 48.4 Å². The van der Waals surface area contributed by atoms with Crippen LogP contribution in [0.15, 0.2) is 53.7 Å². The first kappa shape index (κ1) is 21.6. The molecule has 0 radical (unpaired) electrons. The van der Waals surface area contributed by atoms with Crippen LogP contribution in [0, 0.1) is 5.82 Å². The van der Waals surface area contributed by atoms with Gasteiger partial charge >= 0.3 is 11.9 Å². The second kappa shape index (κ2) is 11.2. The summed E-state index contributed by atoms with van der Waals surface area (Å²) in [5.41, 5.74) is 1.28. The van der Waals surface area contributed by atoms with Crippen LogP contribution in [0.1, 0.15) is 5.56 Å². The van der Waals surface area contributed by atoms with Crippen LogP contribution in [0.2, 0.25) is 0 Å². The molecule has 0 saturated heterocycles. The number of aromatic nitrogens is 1. The Balaban J connectivity index is 0.000000294. The number of nitrogens with zero attached hydrogens (tertiary/aromatic N) is 1. The van der Waals surface area contributed by atoms with Crippen LogP contribution in [-0.2, 0) is 16.0 Å². The monoisotopic (exact) mass is 383 g/mol. The number of aliphatic hydroxyl groups is 2. The summed E-state index contributed by atoms with van der Waals surface area (Å²) in [6.45, 7) is 0. The second-order valence-electron chi connectivity index (χ2n) is 4.97. The summed E-state index contributed by atoms with van der Waals surface area (Å²) in [7, 11) is 0. The van der Waals surface area contributed by atoms with Crippen molar-refractivity contribution >= 4 is 23.7 Å². The lowest BCUT2D eigenvalue weighted by atomic mass is 10.2. The molecule has 1 aromatic heterocycles. The van der Waals surface area contributed by atoms with Gasteiger partial charge in [0.15, 0.2) is 12.2 Å². The van der Waals surface area contributed by atoms with Crippen molar-refractivity contribution in [2.45, 2.75) is 23.5 Å². The lowest BCUT2D eigenvalue weighted by Gasteiger charge is -2.07. The highest BCUT2D eigenvalue weighted by molar-refractivity contribution is 7.99. The molecule has 0 aliphatic heterocycles. The number of rotatable bonds is 7. The summed E-state index contributed by atoms with van der Waals surface area (Å²) in [5.74, 6) is -2.72. The van der Waals surface area contributed by atoms with Gasteiger partial charge in [0.25, 0.3) is 0 Å². The third-order valence-corrected chi connectivity index (χ3v) is 4.04. The first-order chi connectivity index (χ1) is 12.3. The maximum absolute atomic E-state index is 12.7. The van der Waals surface area contributed by atoms with Crippen LogP contribution in [0.4, 0.5) is 4.39 Å². The van der Waals surface area contributed by atoms with E-state index in [4.69, 9.17) is 20.4 Å². The molecule has 1 heterocycles. The molecular formula is C17H18FNO6S. The average Bonchev–Trinajstić information content (AvgIpc) is 2.63. The molecule has 2 aromatic rings. The first-order valence-corrected chi connectivity index (χ1v) is 8.39. The summed E-state index contributed by atoms with van der Waals surface area (Å²) in [4.78, 5) is 24.6. The number of carboxylic acid groups (broad SMARTS) is 2. The van der Waals surface area contributed by atoms with E-state index in [0.717, 1.165) is 17.1 Å². The second-order valence-corrected chi connectivity index (χ2v) is 6.14. The number of thioether (sulfide) groups is 1. The molecule has 7 nitrogen and oxygen atoms in total. The Morgan fingerprint density at radius 1 is 0.962 bits per heavy atom. The fraction of sp³-hybridized carbons (Fsp3) is 0.235. The van der Waals surface area contributed by atoms with E-state index in [9.17, 15) is 14.0 Å². The minimum Gasteiger partial charge on any atom is -0.479 e. The molecule has 0 aliphatic carbocycles. The molecule has 1 aromatic carbocycles. The lowest BCUT2D eigenvalue weighted by molar-refractivity contribution is -0.165. The maximum Gasteiger partial charge on any atom is 0.335 e. The van der Waals surface area contributed by atoms with Crippen molar-refractivity contribution in [3.63, 3.8) is 0 Å². The zero-order valence-electron chi connectivity index (χ0n) is 13.5. The van der Waals surface area contributed by atoms with Gasteiger partial charge in [-0.25, -0.2) is 14.0 Å². The third kappa shape index (κ3) is 8.06. The topological polar surface area (TPSA) is 128 Å². The first-order valence-electron chi connectivity index (χ1n) is 7.40. The summed E-state index contributed by atoms with van der Waals surface area (Å²) in [6.07, 6.45) is 0.0791. The number of aryl methyl sites for hydroxylation is 1. The highest BCUT2D eigenvalue weighted by Gasteiger charge is 2.29. The number of carboxylic acids is 2. The van der Waals surface area contributed by atoms with Gasteiger partial charge in [0.1, 0.15) is 5.82 Å². The molecule has 0 saturated carbocycles. The lowest BCUT2D eigenvalue weighted by Crippen LogP contribution is -2.39. The van der Waals surface area contributed by atoms with Crippen molar-refractivity contribution in [3.05, 3.63) is 60.2 Å². The van der Waals surface area contributed by atoms with Crippen molar-refractivity contribution in [2.24, 2.45) is 0 Å². The molecule has 0 bridgehead atoms. The van der Waals surface area contributed by atoms with Gasteiger partial charge in [-0.2, -0.15) is 0 Å². The van der Waals surface area contributed by atoms with Crippen molar-refractivity contribution in [3.8, 4) is 0 Å². The molecular weight excluding hydrogens is 365 g/mol. The average molecular weight is 383 g/mol. The molecule has 0 spiro atoms. The van der Waals surface area contributed by atoms with Crippen LogP contribution >= 0.6 is 11.8 Å². The minimum absolute atomic E-state index is 0.182. The fourth-order valence-electron chi connectivity index (χ4n) is 1.64. The number of aliphatic hydroxyl groups excluding tert-OH is 2. The standard InChI is InChI=1S/C13H12FNS.C4H6O6/c14-12-1-3-13(4-2-12)16-10-7-11-5-8-15-9-6-11;5-1(3(7)8)2(6)4(9)10/h1-6,8-9H,7,10H2;1-2,5-6H,(H,7,8)(H,9,10)/t;1-,2-/m.1/s1. The minimum atomic E-state index is -2.27. The Bertz CT molecular complexity index is 680. The molecule has 0 unspecified atom stereocenters. The molecule has 0 amide bonds. The van der Waals surface area contributed by atoms with E-state index in [2.05, 4.69) is 4.98 Å². The number of pyridine rings is 1. The van der Waals surface area contributed by atoms with Gasteiger partial charge in [0.2, 0.25) is 0 Å². The highest BCUT2D eigenvalue weighted by atomic mass is 32.2. The van der Waals surface area contributed by atoms with Gasteiger partial charge < -0.3 is 20.4 Å². The maximum atomic E-state index is 12.7. The van der Waals surface area contributed by atoms with E-state index in [0.29, 0.717) is 0 Å². The van der Waals surface area contributed by atoms with Gasteiger partial charge in [-0.3, -0.25) is 4.98 Å². The summed E-state index contributed by atoms with van der Waals surface area (Å²) < 4.78 is 12.7. The van der Waals surface area contributed by atoms with Crippen LogP contribution < -0.4 is 0 Å².